The molecule has 0 amide bonds. The lowest BCUT2D eigenvalue weighted by molar-refractivity contribution is 0.0527. The summed E-state index contributed by atoms with van der Waals surface area (Å²) in [5.41, 5.74) is 7.82. The van der Waals surface area contributed by atoms with Crippen LogP contribution in [0.3, 0.4) is 0 Å². The first-order valence-electron chi connectivity index (χ1n) is 6.11. The Morgan fingerprint density at radius 2 is 2.17 bits per heavy atom. The van der Waals surface area contributed by atoms with Gasteiger partial charge in [0.1, 0.15) is 0 Å². The number of nitrogens with two attached hydrogens (primary N) is 1. The first kappa shape index (κ1) is 13.1. The molecule has 4 nitrogen and oxygen atoms in total. The van der Waals surface area contributed by atoms with Crippen molar-refractivity contribution >= 4 is 29.1 Å². The van der Waals surface area contributed by atoms with E-state index in [9.17, 15) is 4.79 Å². The molecule has 1 aromatic rings. The molecular weight excluding hydrogens is 248 g/mol. The maximum Gasteiger partial charge on any atom is 0.340 e. The Morgan fingerprint density at radius 1 is 1.44 bits per heavy atom. The minimum Gasteiger partial charge on any atom is -0.462 e. The fourth-order valence-electron chi connectivity index (χ4n) is 1.95. The molecule has 0 bridgehead atoms. The van der Waals surface area contributed by atoms with Gasteiger partial charge >= 0.3 is 5.97 Å². The lowest BCUT2D eigenvalue weighted by Gasteiger charge is -2.28. The minimum atomic E-state index is -0.344. The van der Waals surface area contributed by atoms with Crippen LogP contribution in [-0.4, -0.2) is 37.2 Å². The summed E-state index contributed by atoms with van der Waals surface area (Å²) in [6, 6.07) is 5.58. The van der Waals surface area contributed by atoms with Gasteiger partial charge in [0.05, 0.1) is 12.2 Å². The zero-order valence-electron chi connectivity index (χ0n) is 10.5. The predicted octanol–water partition coefficient (Wildman–Crippen LogP) is 2.00. The smallest absolute Gasteiger partial charge is 0.340 e. The zero-order chi connectivity index (χ0) is 13.0. The number of nitrogen functional groups attached to an aromatic ring is 1. The van der Waals surface area contributed by atoms with E-state index in [0.717, 1.165) is 30.3 Å². The van der Waals surface area contributed by atoms with Crippen molar-refractivity contribution in [2.75, 3.05) is 41.8 Å². The van der Waals surface area contributed by atoms with E-state index < -0.39 is 0 Å². The van der Waals surface area contributed by atoms with Gasteiger partial charge < -0.3 is 15.4 Å². The van der Waals surface area contributed by atoms with Gasteiger partial charge in [-0.1, -0.05) is 0 Å². The second-order valence-corrected chi connectivity index (χ2v) is 5.32. The third-order valence-electron chi connectivity index (χ3n) is 2.91. The number of benzene rings is 1. The van der Waals surface area contributed by atoms with Crippen molar-refractivity contribution in [3.8, 4) is 0 Å². The molecule has 98 valence electrons. The number of thioether (sulfide) groups is 1. The quantitative estimate of drug-likeness (QED) is 0.670. The van der Waals surface area contributed by atoms with Crippen LogP contribution in [0.25, 0.3) is 0 Å². The van der Waals surface area contributed by atoms with Crippen LogP contribution in [0.1, 0.15) is 17.3 Å². The Bertz CT molecular complexity index is 431. The molecule has 2 N–H and O–H groups in total. The standard InChI is InChI=1S/C13H18N2O2S/c1-2-17-13(16)11-9-10(3-4-12(11)14)15-5-7-18-8-6-15/h3-4,9H,2,5-8,14H2,1H3. The molecule has 0 spiro atoms. The molecule has 1 aliphatic heterocycles. The molecular formula is C13H18N2O2S. The minimum absolute atomic E-state index is 0.344. The fourth-order valence-corrected chi connectivity index (χ4v) is 2.85. The maximum atomic E-state index is 11.8. The number of ether oxygens (including phenoxy) is 1. The van der Waals surface area contributed by atoms with Gasteiger partial charge in [0.25, 0.3) is 0 Å². The highest BCUT2D eigenvalue weighted by molar-refractivity contribution is 7.99. The summed E-state index contributed by atoms with van der Waals surface area (Å²) in [7, 11) is 0. The van der Waals surface area contributed by atoms with Crippen LogP contribution in [0, 0.1) is 0 Å². The van der Waals surface area contributed by atoms with Gasteiger partial charge in [0.15, 0.2) is 0 Å². The van der Waals surface area contributed by atoms with Crippen LogP contribution in [-0.2, 0) is 4.74 Å². The normalized spacial score (nSPS) is 15.5. The molecule has 1 fully saturated rings. The zero-order valence-corrected chi connectivity index (χ0v) is 11.3. The van der Waals surface area contributed by atoms with Crippen molar-refractivity contribution in [2.24, 2.45) is 0 Å². The van der Waals surface area contributed by atoms with Gasteiger partial charge in [-0.25, -0.2) is 4.79 Å². The average Bonchev–Trinajstić information content (AvgIpc) is 2.40. The largest absolute Gasteiger partial charge is 0.462 e. The average molecular weight is 266 g/mol. The van der Waals surface area contributed by atoms with Crippen LogP contribution < -0.4 is 10.6 Å². The summed E-state index contributed by atoms with van der Waals surface area (Å²) in [5.74, 6) is 1.90. The molecule has 1 aromatic carbocycles. The summed E-state index contributed by atoms with van der Waals surface area (Å²) in [6.45, 7) is 4.18. The number of esters is 1. The highest BCUT2D eigenvalue weighted by atomic mass is 32.2. The summed E-state index contributed by atoms with van der Waals surface area (Å²) >= 11 is 1.96. The van der Waals surface area contributed by atoms with Crippen LogP contribution >= 0.6 is 11.8 Å². The first-order valence-corrected chi connectivity index (χ1v) is 7.27. The van der Waals surface area contributed by atoms with Crippen molar-refractivity contribution in [2.45, 2.75) is 6.92 Å². The number of anilines is 2. The second-order valence-electron chi connectivity index (χ2n) is 4.09. The molecule has 0 saturated carbocycles. The van der Waals surface area contributed by atoms with Crippen molar-refractivity contribution in [1.29, 1.82) is 0 Å². The highest BCUT2D eigenvalue weighted by Gasteiger charge is 2.16. The van der Waals surface area contributed by atoms with Gasteiger partial charge in [-0.2, -0.15) is 11.8 Å². The predicted molar refractivity (Wildman–Crippen MR) is 76.3 cm³/mol. The molecule has 1 aliphatic rings. The van der Waals surface area contributed by atoms with Crippen LogP contribution in [0.2, 0.25) is 0 Å². The lowest BCUT2D eigenvalue weighted by atomic mass is 10.1. The van der Waals surface area contributed by atoms with E-state index in [1.165, 1.54) is 0 Å². The van der Waals surface area contributed by atoms with E-state index in [2.05, 4.69) is 4.90 Å². The molecule has 5 heteroatoms. The third kappa shape index (κ3) is 2.90. The number of hydrogen-bond acceptors (Lipinski definition) is 5. The van der Waals surface area contributed by atoms with Gasteiger partial charge in [-0.15, -0.1) is 0 Å². The van der Waals surface area contributed by atoms with E-state index >= 15 is 0 Å². The SMILES string of the molecule is CCOC(=O)c1cc(N2CCSCC2)ccc1N. The Kier molecular flexibility index (Phi) is 4.36. The van der Waals surface area contributed by atoms with E-state index in [1.807, 2.05) is 23.9 Å². The molecule has 0 radical (unpaired) electrons. The molecule has 0 unspecified atom stereocenters. The molecule has 0 atom stereocenters. The Labute approximate surface area is 111 Å². The number of nitrogens with zero attached hydrogens (tertiary/aromatic N) is 1. The van der Waals surface area contributed by atoms with Crippen molar-refractivity contribution < 1.29 is 9.53 Å². The van der Waals surface area contributed by atoms with Crippen LogP contribution in [0.4, 0.5) is 11.4 Å². The lowest BCUT2D eigenvalue weighted by Crippen LogP contribution is -2.32. The van der Waals surface area contributed by atoms with E-state index in [4.69, 9.17) is 10.5 Å². The Morgan fingerprint density at radius 3 is 2.83 bits per heavy atom. The van der Waals surface area contributed by atoms with Crippen LogP contribution in [0.15, 0.2) is 18.2 Å². The Hall–Kier alpha value is -1.36. The number of hydrogen-bond donors (Lipinski definition) is 1. The molecule has 2 rings (SSSR count). The summed E-state index contributed by atoms with van der Waals surface area (Å²) in [6.07, 6.45) is 0. The van der Waals surface area contributed by atoms with E-state index in [-0.39, 0.29) is 5.97 Å². The van der Waals surface area contributed by atoms with Gasteiger partial charge in [0.2, 0.25) is 0 Å². The summed E-state index contributed by atoms with van der Waals surface area (Å²) < 4.78 is 5.01. The van der Waals surface area contributed by atoms with Crippen LogP contribution in [0.5, 0.6) is 0 Å². The fraction of sp³-hybridized carbons (Fsp3) is 0.462. The second kappa shape index (κ2) is 6.00. The maximum absolute atomic E-state index is 11.8. The summed E-state index contributed by atoms with van der Waals surface area (Å²) in [5, 5.41) is 0. The van der Waals surface area contributed by atoms with E-state index in [0.29, 0.717) is 17.9 Å². The third-order valence-corrected chi connectivity index (χ3v) is 3.85. The van der Waals surface area contributed by atoms with Crippen molar-refractivity contribution in [3.05, 3.63) is 23.8 Å². The molecule has 18 heavy (non-hydrogen) atoms. The number of rotatable bonds is 3. The number of carbonyl (C=O) groups excluding carboxylic acids is 1. The van der Waals surface area contributed by atoms with Gasteiger partial charge in [0, 0.05) is 36.0 Å². The van der Waals surface area contributed by atoms with E-state index in [1.54, 1.807) is 13.0 Å². The van der Waals surface area contributed by atoms with Crippen molar-refractivity contribution in [1.82, 2.24) is 0 Å². The molecule has 1 heterocycles. The van der Waals surface area contributed by atoms with Gasteiger partial charge in [-0.05, 0) is 25.1 Å². The highest BCUT2D eigenvalue weighted by Crippen LogP contribution is 2.24. The molecule has 0 aromatic heterocycles. The topological polar surface area (TPSA) is 55.6 Å². The Balaban J connectivity index is 2.22. The monoisotopic (exact) mass is 266 g/mol. The number of carbonyl (C=O) groups is 1. The van der Waals surface area contributed by atoms with Gasteiger partial charge in [-0.3, -0.25) is 0 Å². The summed E-state index contributed by atoms with van der Waals surface area (Å²) in [4.78, 5) is 14.1. The molecule has 0 aliphatic carbocycles. The first-order chi connectivity index (χ1) is 8.72. The van der Waals surface area contributed by atoms with Crippen molar-refractivity contribution in [3.63, 3.8) is 0 Å². The molecule has 1 saturated heterocycles.